The highest BCUT2D eigenvalue weighted by Crippen LogP contribution is 2.48. The molecule has 1 amide bonds. The first-order valence-corrected chi connectivity index (χ1v) is 15.4. The van der Waals surface area contributed by atoms with Gasteiger partial charge < -0.3 is 9.33 Å². The van der Waals surface area contributed by atoms with Crippen LogP contribution in [-0.4, -0.2) is 31.2 Å². The van der Waals surface area contributed by atoms with E-state index in [-0.39, 0.29) is 17.6 Å². The normalized spacial score (nSPS) is 14.0. The van der Waals surface area contributed by atoms with Crippen molar-refractivity contribution in [1.29, 1.82) is 0 Å². The number of pyridine rings is 1. The Kier molecular flexibility index (Phi) is 7.49. The average molecular weight is 527 g/mol. The van der Waals surface area contributed by atoms with Crippen LogP contribution >= 0.6 is 11.6 Å². The number of aromatic nitrogens is 1. The minimum Gasteiger partial charge on any atom is -0.541 e. The molecule has 1 aliphatic rings. The van der Waals surface area contributed by atoms with Crippen molar-refractivity contribution in [3.63, 3.8) is 0 Å². The molecule has 0 bridgehead atoms. The van der Waals surface area contributed by atoms with Crippen LogP contribution in [0.4, 0.5) is 4.39 Å². The van der Waals surface area contributed by atoms with Crippen molar-refractivity contribution in [2.75, 3.05) is 7.05 Å². The first-order valence-electron chi connectivity index (χ1n) is 12.7. The number of hydrogen-bond donors (Lipinski definition) is 0. The number of fused-ring (bicyclic) bond motifs is 2. The van der Waals surface area contributed by atoms with Crippen LogP contribution in [0.15, 0.2) is 36.5 Å². The third kappa shape index (κ3) is 4.43. The lowest BCUT2D eigenvalue weighted by Gasteiger charge is -2.42. The number of rotatable bonds is 8. The molecule has 1 aromatic heterocycles. The smallest absolute Gasteiger partial charge is 0.258 e. The predicted molar refractivity (Wildman–Crippen MR) is 148 cm³/mol. The van der Waals surface area contributed by atoms with Crippen molar-refractivity contribution in [2.45, 2.75) is 77.0 Å². The van der Waals surface area contributed by atoms with E-state index in [1.807, 2.05) is 13.2 Å². The fraction of sp³-hybridized carbons (Fsp3) is 0.448. The van der Waals surface area contributed by atoms with E-state index in [2.05, 4.69) is 47.6 Å². The Balaban J connectivity index is 1.96. The van der Waals surface area contributed by atoms with Gasteiger partial charge in [0, 0.05) is 31.1 Å². The van der Waals surface area contributed by atoms with Crippen molar-refractivity contribution >= 4 is 36.7 Å². The molecule has 4 rings (SSSR count). The molecule has 2 aromatic carbocycles. The Bertz CT molecular complexity index is 1270. The number of alkyl halides is 1. The molecule has 0 fully saturated rings. The van der Waals surface area contributed by atoms with Crippen molar-refractivity contribution < 1.29 is 13.6 Å². The summed E-state index contributed by atoms with van der Waals surface area (Å²) in [5.74, 6) is 0.617. The van der Waals surface area contributed by atoms with Crippen LogP contribution in [-0.2, 0) is 18.8 Å². The maximum absolute atomic E-state index is 13.4. The molecule has 0 saturated carbocycles. The molecule has 1 aliphatic heterocycles. The van der Waals surface area contributed by atoms with Crippen LogP contribution in [0, 0.1) is 5.82 Å². The molecule has 7 heteroatoms. The lowest BCUT2D eigenvalue weighted by Crippen LogP contribution is -2.51. The third-order valence-corrected chi connectivity index (χ3v) is 14.0. The minimum absolute atomic E-state index is 0.0374. The number of carbonyl (C=O) groups is 1. The standard InChI is InChI=1S/C29H36ClFN2O2Si/c1-17(2)36(18(3)4,19(5)6)35-28-26-25(16-33(7)29(26)34)24(14-30)23-13-21(15-32-27(23)28)12-20-8-10-22(31)11-9-20/h8-11,13,15,17-19H,12,14,16H2,1-7H3. The number of amides is 1. The Morgan fingerprint density at radius 3 is 2.22 bits per heavy atom. The molecular formula is C29H36ClFN2O2Si. The number of halogens is 2. The molecular weight excluding hydrogens is 491 g/mol. The summed E-state index contributed by atoms with van der Waals surface area (Å²) in [7, 11) is -0.547. The fourth-order valence-electron chi connectivity index (χ4n) is 6.11. The Morgan fingerprint density at radius 1 is 1.06 bits per heavy atom. The number of nitrogens with zero attached hydrogens (tertiary/aromatic N) is 2. The van der Waals surface area contributed by atoms with E-state index in [1.165, 1.54) is 12.1 Å². The van der Waals surface area contributed by atoms with Crippen molar-refractivity contribution in [2.24, 2.45) is 0 Å². The molecule has 192 valence electrons. The molecule has 3 aromatic rings. The second-order valence-corrected chi connectivity index (χ2v) is 16.6. The van der Waals surface area contributed by atoms with Crippen LogP contribution in [0.2, 0.25) is 16.6 Å². The predicted octanol–water partition coefficient (Wildman–Crippen LogP) is 7.84. The molecule has 2 heterocycles. The Morgan fingerprint density at radius 2 is 1.67 bits per heavy atom. The Hall–Kier alpha value is -2.44. The number of carbonyl (C=O) groups excluding carboxylic acids is 1. The van der Waals surface area contributed by atoms with Crippen LogP contribution < -0.4 is 4.43 Å². The van der Waals surface area contributed by atoms with Crippen LogP contribution in [0.1, 0.15) is 74.2 Å². The van der Waals surface area contributed by atoms with Crippen LogP contribution in [0.3, 0.4) is 0 Å². The molecule has 0 saturated heterocycles. The maximum atomic E-state index is 13.4. The van der Waals surface area contributed by atoms with Gasteiger partial charge in [0.1, 0.15) is 17.1 Å². The van der Waals surface area contributed by atoms with Gasteiger partial charge in [-0.1, -0.05) is 53.7 Å². The van der Waals surface area contributed by atoms with Crippen molar-refractivity contribution in [3.05, 3.63) is 70.2 Å². The van der Waals surface area contributed by atoms with Gasteiger partial charge in [0.15, 0.2) is 0 Å². The minimum atomic E-state index is -2.37. The summed E-state index contributed by atoms with van der Waals surface area (Å²) in [4.78, 5) is 20.0. The molecule has 0 aliphatic carbocycles. The second-order valence-electron chi connectivity index (χ2n) is 10.9. The quantitative estimate of drug-likeness (QED) is 0.222. The fourth-order valence-corrected chi connectivity index (χ4v) is 11.7. The molecule has 36 heavy (non-hydrogen) atoms. The zero-order chi connectivity index (χ0) is 26.4. The average Bonchev–Trinajstić information content (AvgIpc) is 3.11. The summed E-state index contributed by atoms with van der Waals surface area (Å²) in [5, 5.41) is 0.931. The summed E-state index contributed by atoms with van der Waals surface area (Å²) in [6.45, 7) is 13.9. The van der Waals surface area contributed by atoms with Gasteiger partial charge in [-0.15, -0.1) is 11.6 Å². The number of benzene rings is 2. The summed E-state index contributed by atoms with van der Waals surface area (Å²) in [5.41, 5.74) is 6.26. The van der Waals surface area contributed by atoms with Crippen LogP contribution in [0.25, 0.3) is 10.9 Å². The highest BCUT2D eigenvalue weighted by molar-refractivity contribution is 6.78. The summed E-state index contributed by atoms with van der Waals surface area (Å²) in [6.07, 6.45) is 2.47. The lowest BCUT2D eigenvalue weighted by molar-refractivity contribution is 0.0815. The van der Waals surface area contributed by atoms with Gasteiger partial charge in [0.05, 0.1) is 5.56 Å². The van der Waals surface area contributed by atoms with E-state index in [4.69, 9.17) is 21.0 Å². The summed E-state index contributed by atoms with van der Waals surface area (Å²) < 4.78 is 20.6. The maximum Gasteiger partial charge on any atom is 0.258 e. The molecule has 0 N–H and O–H groups in total. The van der Waals surface area contributed by atoms with Gasteiger partial charge in [0.25, 0.3) is 14.2 Å². The van der Waals surface area contributed by atoms with Gasteiger partial charge in [0.2, 0.25) is 0 Å². The molecule has 4 nitrogen and oxygen atoms in total. The van der Waals surface area contributed by atoms with Crippen molar-refractivity contribution in [1.82, 2.24) is 9.88 Å². The van der Waals surface area contributed by atoms with E-state index in [0.717, 1.165) is 27.6 Å². The van der Waals surface area contributed by atoms with Gasteiger partial charge in [-0.2, -0.15) is 0 Å². The molecule has 0 radical (unpaired) electrons. The first kappa shape index (κ1) is 26.6. The molecule has 0 unspecified atom stereocenters. The molecule has 0 spiro atoms. The number of hydrogen-bond acceptors (Lipinski definition) is 3. The van der Waals surface area contributed by atoms with Gasteiger partial charge in [-0.3, -0.25) is 9.78 Å². The SMILES string of the molecule is CC(C)[Si](Oc1c2c(c(CCl)c3cc(Cc4ccc(F)cc4)cnc13)CN(C)C2=O)(C(C)C)C(C)C. The van der Waals surface area contributed by atoms with E-state index >= 15 is 0 Å². The van der Waals surface area contributed by atoms with Gasteiger partial charge in [-0.05, 0) is 63.5 Å². The Labute approximate surface area is 220 Å². The highest BCUT2D eigenvalue weighted by Gasteiger charge is 2.48. The zero-order valence-corrected chi connectivity index (χ0v) is 24.0. The second kappa shape index (κ2) is 10.1. The van der Waals surface area contributed by atoms with E-state index in [9.17, 15) is 9.18 Å². The van der Waals surface area contributed by atoms with Crippen LogP contribution in [0.5, 0.6) is 5.75 Å². The van der Waals surface area contributed by atoms with E-state index in [1.54, 1.807) is 17.0 Å². The highest BCUT2D eigenvalue weighted by atomic mass is 35.5. The molecule has 0 atom stereocenters. The van der Waals surface area contributed by atoms with Gasteiger partial charge >= 0.3 is 0 Å². The lowest BCUT2D eigenvalue weighted by atomic mass is 9.96. The monoisotopic (exact) mass is 526 g/mol. The zero-order valence-electron chi connectivity index (χ0n) is 22.3. The largest absolute Gasteiger partial charge is 0.541 e. The summed E-state index contributed by atoms with van der Waals surface area (Å²) >= 11 is 6.52. The van der Waals surface area contributed by atoms with E-state index in [0.29, 0.717) is 46.4 Å². The third-order valence-electron chi connectivity index (χ3n) is 7.77. The van der Waals surface area contributed by atoms with Crippen molar-refractivity contribution in [3.8, 4) is 5.75 Å². The van der Waals surface area contributed by atoms with Gasteiger partial charge in [-0.25, -0.2) is 4.39 Å². The topological polar surface area (TPSA) is 42.4 Å². The summed E-state index contributed by atoms with van der Waals surface area (Å²) in [6, 6.07) is 8.65. The first-order chi connectivity index (χ1) is 17.0. The van der Waals surface area contributed by atoms with E-state index < -0.39 is 8.32 Å².